The van der Waals surface area contributed by atoms with Gasteiger partial charge in [-0.2, -0.15) is 8.78 Å². The van der Waals surface area contributed by atoms with E-state index in [1.54, 1.807) is 0 Å². The molecule has 0 bridgehead atoms. The van der Waals surface area contributed by atoms with Gasteiger partial charge in [0.15, 0.2) is 0 Å². The zero-order valence-corrected chi connectivity index (χ0v) is 17.6. The number of urea groups is 1. The smallest absolute Gasteiger partial charge is 0.406 e. The van der Waals surface area contributed by atoms with Gasteiger partial charge < -0.3 is 15.4 Å². The van der Waals surface area contributed by atoms with Crippen LogP contribution in [-0.4, -0.2) is 41.4 Å². The zero-order valence-electron chi connectivity index (χ0n) is 16.8. The van der Waals surface area contributed by atoms with Crippen molar-refractivity contribution in [3.63, 3.8) is 0 Å². The van der Waals surface area contributed by atoms with Gasteiger partial charge in [-0.05, 0) is 48.9 Å². The lowest BCUT2D eigenvalue weighted by molar-refractivity contribution is -0.274. The Bertz CT molecular complexity index is 1050. The lowest BCUT2D eigenvalue weighted by Gasteiger charge is -2.22. The summed E-state index contributed by atoms with van der Waals surface area (Å²) in [6.07, 6.45) is -4.88. The number of amides is 4. The average molecular weight is 489 g/mol. The number of rotatable bonds is 7. The highest BCUT2D eigenvalue weighted by Crippen LogP contribution is 2.31. The van der Waals surface area contributed by atoms with Crippen molar-refractivity contribution < 1.29 is 41.1 Å². The highest BCUT2D eigenvalue weighted by Gasteiger charge is 2.49. The summed E-state index contributed by atoms with van der Waals surface area (Å²) in [5.41, 5.74) is -1.15. The van der Waals surface area contributed by atoms with Crippen LogP contribution in [0.25, 0.3) is 0 Å². The zero-order chi connectivity index (χ0) is 24.4. The number of carbonyl (C=O) groups is 3. The fourth-order valence-electron chi connectivity index (χ4n) is 3.09. The number of nitrogens with one attached hydrogen (secondary N) is 2. The normalized spacial score (nSPS) is 18.5. The molecule has 1 aliphatic heterocycles. The summed E-state index contributed by atoms with van der Waals surface area (Å²) < 4.78 is 65.5. The second-order valence-corrected chi connectivity index (χ2v) is 8.03. The number of thioether (sulfide) groups is 1. The predicted octanol–water partition coefficient (Wildman–Crippen LogP) is 4.31. The van der Waals surface area contributed by atoms with Crippen molar-refractivity contribution in [3.8, 4) is 5.75 Å². The van der Waals surface area contributed by atoms with E-state index in [2.05, 4.69) is 15.4 Å². The van der Waals surface area contributed by atoms with Crippen LogP contribution in [-0.2, 0) is 15.1 Å². The Balaban J connectivity index is 1.66. The summed E-state index contributed by atoms with van der Waals surface area (Å²) in [6, 6.07) is 9.07. The molecule has 2 aromatic carbocycles. The molecule has 1 atom stereocenters. The quantitative estimate of drug-likeness (QED) is 0.344. The van der Waals surface area contributed by atoms with Crippen LogP contribution >= 0.6 is 11.8 Å². The maximum Gasteiger partial charge on any atom is 0.573 e. The van der Waals surface area contributed by atoms with E-state index in [9.17, 15) is 36.3 Å². The molecule has 3 rings (SSSR count). The third-order valence-electron chi connectivity index (χ3n) is 4.61. The van der Waals surface area contributed by atoms with Gasteiger partial charge >= 0.3 is 12.4 Å². The Labute approximate surface area is 188 Å². The number of alkyl halides is 5. The predicted molar refractivity (Wildman–Crippen MR) is 108 cm³/mol. The van der Waals surface area contributed by atoms with Gasteiger partial charge in [-0.1, -0.05) is 23.9 Å². The first-order valence-corrected chi connectivity index (χ1v) is 10.1. The number of hydrogen-bond donors (Lipinski definition) is 2. The lowest BCUT2D eigenvalue weighted by atomic mass is 9.92. The minimum atomic E-state index is -4.88. The molecule has 0 aliphatic carbocycles. The number of benzene rings is 2. The molecule has 4 amide bonds. The van der Waals surface area contributed by atoms with Crippen LogP contribution < -0.4 is 15.4 Å². The first-order valence-electron chi connectivity index (χ1n) is 9.22. The van der Waals surface area contributed by atoms with Gasteiger partial charge in [-0.3, -0.25) is 14.5 Å². The molecule has 0 saturated carbocycles. The molecule has 2 N–H and O–H groups in total. The van der Waals surface area contributed by atoms with Crippen molar-refractivity contribution >= 4 is 35.3 Å². The number of halogens is 5. The molecule has 176 valence electrons. The average Bonchev–Trinajstić information content (AvgIpc) is 2.92. The minimum Gasteiger partial charge on any atom is -0.406 e. The molecular weight excluding hydrogens is 473 g/mol. The highest BCUT2D eigenvalue weighted by atomic mass is 32.2. The Kier molecular flexibility index (Phi) is 6.81. The number of imide groups is 1. The van der Waals surface area contributed by atoms with E-state index in [-0.39, 0.29) is 11.3 Å². The van der Waals surface area contributed by atoms with Crippen molar-refractivity contribution in [2.45, 2.75) is 29.5 Å². The fourth-order valence-corrected chi connectivity index (χ4v) is 3.59. The fraction of sp³-hybridized carbons (Fsp3) is 0.250. The molecule has 1 heterocycles. The van der Waals surface area contributed by atoms with Crippen LogP contribution in [0.3, 0.4) is 0 Å². The van der Waals surface area contributed by atoms with E-state index in [0.29, 0.717) is 21.6 Å². The van der Waals surface area contributed by atoms with Gasteiger partial charge in [0.2, 0.25) is 5.91 Å². The van der Waals surface area contributed by atoms with Crippen LogP contribution in [0, 0.1) is 0 Å². The first kappa shape index (κ1) is 24.3. The summed E-state index contributed by atoms with van der Waals surface area (Å²) in [5.74, 6) is -4.59. The first-order chi connectivity index (χ1) is 15.4. The lowest BCUT2D eigenvalue weighted by Crippen LogP contribution is -2.42. The molecule has 0 radical (unpaired) electrons. The molecule has 0 spiro atoms. The Morgan fingerprint density at radius 1 is 1.12 bits per heavy atom. The Morgan fingerprint density at radius 3 is 2.27 bits per heavy atom. The minimum absolute atomic E-state index is 0.186. The van der Waals surface area contributed by atoms with Crippen LogP contribution in [0.15, 0.2) is 53.4 Å². The molecular formula is C20H16F5N3O4S. The summed E-state index contributed by atoms with van der Waals surface area (Å²) in [6.45, 7) is 0.715. The summed E-state index contributed by atoms with van der Waals surface area (Å²) in [7, 11) is 0. The summed E-state index contributed by atoms with van der Waals surface area (Å²) >= 11 is 0.338. The number of anilines is 1. The van der Waals surface area contributed by atoms with E-state index < -0.39 is 47.8 Å². The number of carbonyl (C=O) groups excluding carboxylic acids is 3. The molecule has 13 heteroatoms. The Morgan fingerprint density at radius 2 is 1.73 bits per heavy atom. The van der Waals surface area contributed by atoms with Crippen molar-refractivity contribution in [1.82, 2.24) is 10.2 Å². The highest BCUT2D eigenvalue weighted by molar-refractivity contribution is 7.99. The summed E-state index contributed by atoms with van der Waals surface area (Å²) in [4.78, 5) is 38.5. The third kappa shape index (κ3) is 5.92. The van der Waals surface area contributed by atoms with Crippen LogP contribution in [0.5, 0.6) is 5.75 Å². The third-order valence-corrected chi connectivity index (χ3v) is 5.33. The van der Waals surface area contributed by atoms with Gasteiger partial charge in [0.1, 0.15) is 17.8 Å². The second kappa shape index (κ2) is 9.25. The molecule has 1 aliphatic rings. The molecule has 0 aromatic heterocycles. The molecule has 33 heavy (non-hydrogen) atoms. The molecule has 1 unspecified atom stereocenters. The molecule has 1 saturated heterocycles. The monoisotopic (exact) mass is 489 g/mol. The van der Waals surface area contributed by atoms with Crippen molar-refractivity contribution in [3.05, 3.63) is 54.1 Å². The van der Waals surface area contributed by atoms with E-state index in [1.165, 1.54) is 43.3 Å². The van der Waals surface area contributed by atoms with Gasteiger partial charge in [0.05, 0.1) is 0 Å². The van der Waals surface area contributed by atoms with E-state index in [0.717, 1.165) is 12.1 Å². The van der Waals surface area contributed by atoms with Crippen molar-refractivity contribution in [1.29, 1.82) is 0 Å². The van der Waals surface area contributed by atoms with Gasteiger partial charge in [-0.15, -0.1) is 13.2 Å². The van der Waals surface area contributed by atoms with Gasteiger partial charge in [0, 0.05) is 10.6 Å². The number of nitrogens with zero attached hydrogens (tertiary/aromatic N) is 1. The van der Waals surface area contributed by atoms with Crippen LogP contribution in [0.1, 0.15) is 12.5 Å². The van der Waals surface area contributed by atoms with Gasteiger partial charge in [-0.25, -0.2) is 4.79 Å². The maximum absolute atomic E-state index is 12.9. The maximum atomic E-state index is 12.9. The molecule has 2 aromatic rings. The van der Waals surface area contributed by atoms with Crippen molar-refractivity contribution in [2.24, 2.45) is 0 Å². The standard InChI is InChI=1S/C20H16F5N3O4S/c1-19(11-2-6-13(7-3-11)32-20(23,24)25)16(30)28(18(31)27-19)10-15(29)26-12-4-8-14(9-5-12)33-17(21)22/h2-9,17H,10H2,1H3,(H,26,29)(H,27,31). The van der Waals surface area contributed by atoms with Crippen molar-refractivity contribution in [2.75, 3.05) is 11.9 Å². The Hall–Kier alpha value is -3.35. The van der Waals surface area contributed by atoms with Crippen LogP contribution in [0.2, 0.25) is 0 Å². The van der Waals surface area contributed by atoms with E-state index in [4.69, 9.17) is 0 Å². The topological polar surface area (TPSA) is 87.7 Å². The summed E-state index contributed by atoms with van der Waals surface area (Å²) in [5, 5.41) is 4.88. The van der Waals surface area contributed by atoms with Gasteiger partial charge in [0.25, 0.3) is 11.7 Å². The second-order valence-electron chi connectivity index (χ2n) is 6.97. The van der Waals surface area contributed by atoms with E-state index >= 15 is 0 Å². The SMILES string of the molecule is CC1(c2ccc(OC(F)(F)F)cc2)NC(=O)N(CC(=O)Nc2ccc(SC(F)F)cc2)C1=O. The molecule has 7 nitrogen and oxygen atoms in total. The van der Waals surface area contributed by atoms with E-state index in [1.807, 2.05) is 0 Å². The van der Waals surface area contributed by atoms with Crippen LogP contribution in [0.4, 0.5) is 32.4 Å². The largest absolute Gasteiger partial charge is 0.573 e. The number of hydrogen-bond acceptors (Lipinski definition) is 5. The number of ether oxygens (including phenoxy) is 1. The molecule has 1 fully saturated rings.